The lowest BCUT2D eigenvalue weighted by Crippen LogP contribution is -2.33. The predicted molar refractivity (Wildman–Crippen MR) is 87.2 cm³/mol. The second-order valence-corrected chi connectivity index (χ2v) is 6.30. The van der Waals surface area contributed by atoms with Gasteiger partial charge in [-0.2, -0.15) is 0 Å². The smallest absolute Gasteiger partial charge is 0.323 e. The topological polar surface area (TPSA) is 87.1 Å². The number of hydrogen-bond acceptors (Lipinski definition) is 6. The van der Waals surface area contributed by atoms with Gasteiger partial charge in [-0.3, -0.25) is 14.5 Å². The molecule has 1 aliphatic rings. The molecule has 1 heterocycles. The standard InChI is InChI=1S/C13H10ClNO5S2/c1-20-8-3-6(2-7(14)11(8)18)4-9-12(19)15(5-10(16)17)13(21)22-9/h2-4,18H,5H2,1H3,(H,16,17)/b9-4+. The second-order valence-electron chi connectivity index (χ2n) is 4.22. The van der Waals surface area contributed by atoms with Crippen LogP contribution < -0.4 is 4.74 Å². The number of nitrogens with zero attached hydrogens (tertiary/aromatic N) is 1. The van der Waals surface area contributed by atoms with Crippen molar-refractivity contribution in [1.29, 1.82) is 0 Å². The first kappa shape index (κ1) is 16.6. The van der Waals surface area contributed by atoms with Crippen molar-refractivity contribution in [3.63, 3.8) is 0 Å². The molecule has 0 bridgehead atoms. The van der Waals surface area contributed by atoms with Gasteiger partial charge in [0.25, 0.3) is 5.91 Å². The Balaban J connectivity index is 2.34. The normalized spacial score (nSPS) is 16.5. The summed E-state index contributed by atoms with van der Waals surface area (Å²) in [6.07, 6.45) is 1.51. The number of thiocarbonyl (C=S) groups is 1. The molecule has 9 heteroatoms. The summed E-state index contributed by atoms with van der Waals surface area (Å²) >= 11 is 11.9. The number of carbonyl (C=O) groups is 2. The van der Waals surface area contributed by atoms with Gasteiger partial charge in [-0.05, 0) is 23.8 Å². The van der Waals surface area contributed by atoms with Crippen molar-refractivity contribution in [2.24, 2.45) is 0 Å². The summed E-state index contributed by atoms with van der Waals surface area (Å²) in [5, 5.41) is 18.5. The summed E-state index contributed by atoms with van der Waals surface area (Å²) in [7, 11) is 1.38. The Hall–Kier alpha value is -1.77. The third-order valence-electron chi connectivity index (χ3n) is 2.74. The van der Waals surface area contributed by atoms with E-state index >= 15 is 0 Å². The minimum atomic E-state index is -1.15. The van der Waals surface area contributed by atoms with Crippen LogP contribution in [0.25, 0.3) is 6.08 Å². The van der Waals surface area contributed by atoms with Crippen LogP contribution in [0.3, 0.4) is 0 Å². The van der Waals surface area contributed by atoms with Crippen LogP contribution in [0.2, 0.25) is 5.02 Å². The van der Waals surface area contributed by atoms with Gasteiger partial charge in [0, 0.05) is 0 Å². The highest BCUT2D eigenvalue weighted by molar-refractivity contribution is 8.26. The number of aliphatic carboxylic acids is 1. The van der Waals surface area contributed by atoms with E-state index in [2.05, 4.69) is 0 Å². The Morgan fingerprint density at radius 3 is 2.82 bits per heavy atom. The minimum Gasteiger partial charge on any atom is -0.503 e. The Kier molecular flexibility index (Phi) is 4.94. The molecule has 1 aromatic carbocycles. The van der Waals surface area contributed by atoms with Gasteiger partial charge in [0.05, 0.1) is 17.0 Å². The number of thioether (sulfide) groups is 1. The van der Waals surface area contributed by atoms with Crippen LogP contribution in [0.1, 0.15) is 5.56 Å². The van der Waals surface area contributed by atoms with Crippen LogP contribution in [0.15, 0.2) is 17.0 Å². The quantitative estimate of drug-likeness (QED) is 0.630. The van der Waals surface area contributed by atoms with Crippen molar-refractivity contribution < 1.29 is 24.5 Å². The fourth-order valence-electron chi connectivity index (χ4n) is 1.76. The van der Waals surface area contributed by atoms with E-state index in [0.717, 1.165) is 16.7 Å². The van der Waals surface area contributed by atoms with Gasteiger partial charge < -0.3 is 14.9 Å². The highest BCUT2D eigenvalue weighted by atomic mass is 35.5. The summed E-state index contributed by atoms with van der Waals surface area (Å²) in [6, 6.07) is 2.97. The molecular formula is C13H10ClNO5S2. The lowest BCUT2D eigenvalue weighted by molar-refractivity contribution is -0.140. The molecule has 116 valence electrons. The molecule has 0 atom stereocenters. The Morgan fingerprint density at radius 2 is 2.23 bits per heavy atom. The number of amides is 1. The predicted octanol–water partition coefficient (Wildman–Crippen LogP) is 2.34. The van der Waals surface area contributed by atoms with Gasteiger partial charge in [0.1, 0.15) is 10.9 Å². The average molecular weight is 360 g/mol. The maximum Gasteiger partial charge on any atom is 0.323 e. The number of hydrogen-bond donors (Lipinski definition) is 2. The van der Waals surface area contributed by atoms with E-state index in [0.29, 0.717) is 5.56 Å². The lowest BCUT2D eigenvalue weighted by atomic mass is 10.2. The number of carboxylic acids is 1. The zero-order chi connectivity index (χ0) is 16.4. The molecule has 22 heavy (non-hydrogen) atoms. The number of carbonyl (C=O) groups excluding carboxylic acids is 1. The van der Waals surface area contributed by atoms with E-state index < -0.39 is 18.4 Å². The number of carboxylic acid groups (broad SMARTS) is 1. The summed E-state index contributed by atoms with van der Waals surface area (Å²) in [5.74, 6) is -1.66. The molecular weight excluding hydrogens is 350 g/mol. The molecule has 0 radical (unpaired) electrons. The lowest BCUT2D eigenvalue weighted by Gasteiger charge is -2.10. The number of ether oxygens (including phenoxy) is 1. The molecule has 0 saturated carbocycles. The first-order chi connectivity index (χ1) is 10.3. The van der Waals surface area contributed by atoms with Gasteiger partial charge >= 0.3 is 5.97 Å². The first-order valence-corrected chi connectivity index (χ1v) is 7.47. The summed E-state index contributed by atoms with van der Waals surface area (Å²) in [5.41, 5.74) is 0.524. The van der Waals surface area contributed by atoms with Crippen LogP contribution in [-0.2, 0) is 9.59 Å². The third-order valence-corrected chi connectivity index (χ3v) is 4.40. The second kappa shape index (κ2) is 6.55. The number of phenols is 1. The largest absolute Gasteiger partial charge is 0.503 e. The number of aromatic hydroxyl groups is 1. The number of benzene rings is 1. The minimum absolute atomic E-state index is 0.0756. The number of methoxy groups -OCH3 is 1. The molecule has 1 aromatic rings. The van der Waals surface area contributed by atoms with Crippen LogP contribution >= 0.6 is 35.6 Å². The Bertz CT molecular complexity index is 704. The molecule has 0 aromatic heterocycles. The summed E-state index contributed by atoms with van der Waals surface area (Å²) in [6.45, 7) is -0.484. The average Bonchev–Trinajstić information content (AvgIpc) is 2.70. The van der Waals surface area contributed by atoms with E-state index in [1.165, 1.54) is 25.3 Å². The van der Waals surface area contributed by atoms with E-state index in [-0.39, 0.29) is 25.7 Å². The van der Waals surface area contributed by atoms with Gasteiger partial charge in [0.15, 0.2) is 11.5 Å². The maximum absolute atomic E-state index is 12.1. The van der Waals surface area contributed by atoms with Gasteiger partial charge in [-0.15, -0.1) is 0 Å². The molecule has 2 N–H and O–H groups in total. The molecule has 0 spiro atoms. The van der Waals surface area contributed by atoms with Gasteiger partial charge in [-0.25, -0.2) is 0 Å². The molecule has 0 unspecified atom stereocenters. The highest BCUT2D eigenvalue weighted by Crippen LogP contribution is 2.37. The van der Waals surface area contributed by atoms with Crippen LogP contribution in [-0.4, -0.2) is 45.0 Å². The monoisotopic (exact) mass is 359 g/mol. The van der Waals surface area contributed by atoms with Gasteiger partial charge in [0.2, 0.25) is 0 Å². The number of phenolic OH excluding ortho intramolecular Hbond substituents is 1. The van der Waals surface area contributed by atoms with Crippen LogP contribution in [0.5, 0.6) is 11.5 Å². The summed E-state index contributed by atoms with van der Waals surface area (Å²) in [4.78, 5) is 24.1. The molecule has 1 aliphatic heterocycles. The molecule has 6 nitrogen and oxygen atoms in total. The Morgan fingerprint density at radius 1 is 1.55 bits per heavy atom. The van der Waals surface area contributed by atoms with E-state index in [9.17, 15) is 14.7 Å². The summed E-state index contributed by atoms with van der Waals surface area (Å²) < 4.78 is 5.16. The SMILES string of the molecule is COc1cc(/C=C2/SC(=S)N(CC(=O)O)C2=O)cc(Cl)c1O. The van der Waals surface area contributed by atoms with E-state index in [1.807, 2.05) is 0 Å². The van der Waals surface area contributed by atoms with Crippen molar-refractivity contribution in [1.82, 2.24) is 4.90 Å². The van der Waals surface area contributed by atoms with Crippen molar-refractivity contribution in [2.75, 3.05) is 13.7 Å². The van der Waals surface area contributed by atoms with Gasteiger partial charge in [-0.1, -0.05) is 35.6 Å². The molecule has 1 amide bonds. The Labute approximate surface area is 140 Å². The molecule has 1 saturated heterocycles. The molecule has 0 aliphatic carbocycles. The fourth-order valence-corrected chi connectivity index (χ4v) is 3.23. The van der Waals surface area contributed by atoms with Crippen LogP contribution in [0, 0.1) is 0 Å². The third kappa shape index (κ3) is 3.34. The van der Waals surface area contributed by atoms with Crippen molar-refractivity contribution in [3.05, 3.63) is 27.6 Å². The highest BCUT2D eigenvalue weighted by Gasteiger charge is 2.33. The van der Waals surface area contributed by atoms with Crippen molar-refractivity contribution >= 4 is 57.9 Å². The maximum atomic E-state index is 12.1. The fraction of sp³-hybridized carbons (Fsp3) is 0.154. The van der Waals surface area contributed by atoms with Crippen molar-refractivity contribution in [2.45, 2.75) is 0 Å². The zero-order valence-electron chi connectivity index (χ0n) is 11.2. The number of rotatable bonds is 4. The van der Waals surface area contributed by atoms with Crippen molar-refractivity contribution in [3.8, 4) is 11.5 Å². The van der Waals surface area contributed by atoms with Crippen LogP contribution in [0.4, 0.5) is 0 Å². The number of halogens is 1. The van der Waals surface area contributed by atoms with E-state index in [4.69, 9.17) is 33.7 Å². The molecule has 2 rings (SSSR count). The first-order valence-electron chi connectivity index (χ1n) is 5.87. The molecule has 1 fully saturated rings. The zero-order valence-corrected chi connectivity index (χ0v) is 13.6. The van der Waals surface area contributed by atoms with E-state index in [1.54, 1.807) is 0 Å².